The van der Waals surface area contributed by atoms with E-state index >= 15 is 0 Å². The first-order valence-corrected chi connectivity index (χ1v) is 5.19. The van der Waals surface area contributed by atoms with Gasteiger partial charge >= 0.3 is 0 Å². The van der Waals surface area contributed by atoms with Crippen LogP contribution in [0.2, 0.25) is 0 Å². The van der Waals surface area contributed by atoms with Gasteiger partial charge in [-0.05, 0) is 0 Å². The quantitative estimate of drug-likeness (QED) is 0.730. The third-order valence-corrected chi connectivity index (χ3v) is 2.84. The Hall–Kier alpha value is -1.89. The van der Waals surface area contributed by atoms with Gasteiger partial charge in [-0.25, -0.2) is 0 Å². The number of likely N-dealkylation sites (N-methyl/N-ethyl adjacent to an activating group) is 1. The Bertz CT molecular complexity index is 464. The highest BCUT2D eigenvalue weighted by molar-refractivity contribution is 5.97. The molecule has 1 saturated heterocycles. The predicted molar refractivity (Wildman–Crippen MR) is 58.4 cm³/mol. The number of primary amides is 1. The lowest BCUT2D eigenvalue weighted by Crippen LogP contribution is -2.49. The molecule has 2 amide bonds. The Labute approximate surface area is 98.1 Å². The van der Waals surface area contributed by atoms with E-state index in [4.69, 9.17) is 10.5 Å². The van der Waals surface area contributed by atoms with Crippen molar-refractivity contribution >= 4 is 11.8 Å². The number of hydrogen-bond acceptors (Lipinski definition) is 4. The molecular formula is C10H14N4O3. The number of amides is 2. The van der Waals surface area contributed by atoms with Gasteiger partial charge in [-0.15, -0.1) is 0 Å². The van der Waals surface area contributed by atoms with Crippen molar-refractivity contribution in [3.8, 4) is 0 Å². The molecule has 7 nitrogen and oxygen atoms in total. The van der Waals surface area contributed by atoms with Crippen LogP contribution in [0, 0.1) is 0 Å². The molecule has 0 aromatic carbocycles. The fraction of sp³-hybridized carbons (Fsp3) is 0.500. The second-order valence-corrected chi connectivity index (χ2v) is 4.01. The molecule has 0 spiro atoms. The summed E-state index contributed by atoms with van der Waals surface area (Å²) < 4.78 is 6.38. The van der Waals surface area contributed by atoms with Gasteiger partial charge in [0.05, 0.1) is 19.3 Å². The number of nitrogens with zero attached hydrogens (tertiary/aromatic N) is 3. The zero-order valence-electron chi connectivity index (χ0n) is 9.71. The fourth-order valence-corrected chi connectivity index (χ4v) is 1.58. The Morgan fingerprint density at radius 1 is 1.59 bits per heavy atom. The van der Waals surface area contributed by atoms with Crippen molar-refractivity contribution in [1.29, 1.82) is 0 Å². The fourth-order valence-electron chi connectivity index (χ4n) is 1.58. The molecule has 92 valence electrons. The Morgan fingerprint density at radius 2 is 2.24 bits per heavy atom. The van der Waals surface area contributed by atoms with Gasteiger partial charge in [0.2, 0.25) is 0 Å². The second-order valence-electron chi connectivity index (χ2n) is 4.01. The summed E-state index contributed by atoms with van der Waals surface area (Å²) in [6.07, 6.45) is 0. The first kappa shape index (κ1) is 11.6. The smallest absolute Gasteiger partial charge is 0.272 e. The molecule has 2 N–H and O–H groups in total. The molecule has 0 aliphatic carbocycles. The van der Waals surface area contributed by atoms with Crippen LogP contribution in [-0.2, 0) is 11.8 Å². The molecule has 0 unspecified atom stereocenters. The van der Waals surface area contributed by atoms with Gasteiger partial charge in [0.15, 0.2) is 5.69 Å². The van der Waals surface area contributed by atoms with Crippen molar-refractivity contribution in [2.24, 2.45) is 12.8 Å². The molecule has 17 heavy (non-hydrogen) atoms. The summed E-state index contributed by atoms with van der Waals surface area (Å²) in [6, 6.07) is 1.50. The van der Waals surface area contributed by atoms with Gasteiger partial charge in [-0.3, -0.25) is 14.3 Å². The molecule has 1 aliphatic rings. The second kappa shape index (κ2) is 4.17. The monoisotopic (exact) mass is 238 g/mol. The molecule has 7 heteroatoms. The number of carbonyl (C=O) groups is 2. The van der Waals surface area contributed by atoms with Gasteiger partial charge < -0.3 is 15.4 Å². The number of carbonyl (C=O) groups excluding carboxylic acids is 2. The molecule has 0 radical (unpaired) electrons. The van der Waals surface area contributed by atoms with Crippen LogP contribution in [0.3, 0.4) is 0 Å². The summed E-state index contributed by atoms with van der Waals surface area (Å²) in [5.74, 6) is -0.838. The van der Waals surface area contributed by atoms with Crippen LogP contribution in [0.4, 0.5) is 0 Å². The first-order chi connectivity index (χ1) is 8.00. The minimum atomic E-state index is -0.644. The van der Waals surface area contributed by atoms with Crippen LogP contribution in [0.25, 0.3) is 0 Å². The Kier molecular flexibility index (Phi) is 2.84. The first-order valence-electron chi connectivity index (χ1n) is 5.19. The largest absolute Gasteiger partial charge is 0.377 e. The number of aromatic nitrogens is 2. The maximum Gasteiger partial charge on any atom is 0.272 e. The van der Waals surface area contributed by atoms with Crippen LogP contribution < -0.4 is 5.73 Å². The van der Waals surface area contributed by atoms with E-state index in [1.165, 1.54) is 10.7 Å². The van der Waals surface area contributed by atoms with Crippen LogP contribution in [0.1, 0.15) is 21.0 Å². The summed E-state index contributed by atoms with van der Waals surface area (Å²) in [5.41, 5.74) is 5.54. The highest BCUT2D eigenvalue weighted by Crippen LogP contribution is 2.13. The zero-order valence-corrected chi connectivity index (χ0v) is 9.71. The van der Waals surface area contributed by atoms with Gasteiger partial charge in [0, 0.05) is 20.2 Å². The van der Waals surface area contributed by atoms with Crippen molar-refractivity contribution in [2.75, 3.05) is 20.3 Å². The topological polar surface area (TPSA) is 90.5 Å². The SMILES string of the molecule is CN(C(=O)c1cc(C(N)=O)nn1C)C1COC1. The van der Waals surface area contributed by atoms with E-state index in [0.717, 1.165) is 0 Å². The van der Waals surface area contributed by atoms with E-state index in [0.29, 0.717) is 18.9 Å². The van der Waals surface area contributed by atoms with Gasteiger partial charge in [-0.1, -0.05) is 0 Å². The number of aryl methyl sites for hydroxylation is 1. The van der Waals surface area contributed by atoms with E-state index in [-0.39, 0.29) is 17.6 Å². The summed E-state index contributed by atoms with van der Waals surface area (Å²) >= 11 is 0. The molecule has 0 saturated carbocycles. The average molecular weight is 238 g/mol. The molecular weight excluding hydrogens is 224 g/mol. The third-order valence-electron chi connectivity index (χ3n) is 2.84. The highest BCUT2D eigenvalue weighted by atomic mass is 16.5. The minimum absolute atomic E-state index is 0.0918. The van der Waals surface area contributed by atoms with Gasteiger partial charge in [0.25, 0.3) is 11.8 Å². The van der Waals surface area contributed by atoms with Crippen LogP contribution in [0.5, 0.6) is 0 Å². The molecule has 1 aliphatic heterocycles. The molecule has 2 heterocycles. The zero-order chi connectivity index (χ0) is 12.6. The minimum Gasteiger partial charge on any atom is -0.377 e. The van der Waals surface area contributed by atoms with E-state index in [9.17, 15) is 9.59 Å². The van der Waals surface area contributed by atoms with Crippen molar-refractivity contribution < 1.29 is 14.3 Å². The van der Waals surface area contributed by atoms with Crippen LogP contribution in [-0.4, -0.2) is 52.8 Å². The van der Waals surface area contributed by atoms with Crippen molar-refractivity contribution in [2.45, 2.75) is 6.04 Å². The van der Waals surface area contributed by atoms with E-state index in [1.54, 1.807) is 19.0 Å². The maximum atomic E-state index is 12.1. The number of nitrogens with two attached hydrogens (primary N) is 1. The van der Waals surface area contributed by atoms with Crippen molar-refractivity contribution in [3.05, 3.63) is 17.5 Å². The van der Waals surface area contributed by atoms with Crippen LogP contribution in [0.15, 0.2) is 6.07 Å². The maximum absolute atomic E-state index is 12.1. The molecule has 0 atom stereocenters. The molecule has 1 aromatic heterocycles. The van der Waals surface area contributed by atoms with Gasteiger partial charge in [-0.2, -0.15) is 5.10 Å². The summed E-state index contributed by atoms with van der Waals surface area (Å²) in [4.78, 5) is 24.6. The molecule has 1 fully saturated rings. The van der Waals surface area contributed by atoms with E-state index < -0.39 is 5.91 Å². The standard InChI is InChI=1S/C10H14N4O3/c1-13(6-4-17-5-6)10(16)8-3-7(9(11)15)12-14(8)2/h3,6H,4-5H2,1-2H3,(H2,11,15). The average Bonchev–Trinajstić information content (AvgIpc) is 2.56. The normalized spacial score (nSPS) is 15.4. The number of rotatable bonds is 3. The number of hydrogen-bond donors (Lipinski definition) is 1. The summed E-state index contributed by atoms with van der Waals surface area (Å²) in [5, 5.41) is 3.88. The lowest BCUT2D eigenvalue weighted by Gasteiger charge is -2.34. The van der Waals surface area contributed by atoms with Crippen LogP contribution >= 0.6 is 0 Å². The van der Waals surface area contributed by atoms with E-state index in [1.807, 2.05) is 0 Å². The molecule has 1 aromatic rings. The molecule has 0 bridgehead atoms. The lowest BCUT2D eigenvalue weighted by atomic mass is 10.2. The summed E-state index contributed by atoms with van der Waals surface area (Å²) in [7, 11) is 3.30. The van der Waals surface area contributed by atoms with Crippen molar-refractivity contribution in [1.82, 2.24) is 14.7 Å². The summed E-state index contributed by atoms with van der Waals surface area (Å²) in [6.45, 7) is 1.09. The Balaban J connectivity index is 2.20. The predicted octanol–water partition coefficient (Wildman–Crippen LogP) is -1.01. The van der Waals surface area contributed by atoms with Gasteiger partial charge in [0.1, 0.15) is 5.69 Å². The molecule has 2 rings (SSSR count). The van der Waals surface area contributed by atoms with E-state index in [2.05, 4.69) is 5.10 Å². The third kappa shape index (κ3) is 2.01. The highest BCUT2D eigenvalue weighted by Gasteiger charge is 2.29. The Morgan fingerprint density at radius 3 is 2.65 bits per heavy atom. The van der Waals surface area contributed by atoms with Crippen molar-refractivity contribution in [3.63, 3.8) is 0 Å². The lowest BCUT2D eigenvalue weighted by molar-refractivity contribution is -0.0470. The number of ether oxygens (including phenoxy) is 1.